The Morgan fingerprint density at radius 3 is 2.10 bits per heavy atom. The van der Waals surface area contributed by atoms with E-state index in [1.54, 1.807) is 0 Å². The van der Waals surface area contributed by atoms with E-state index in [-0.39, 0.29) is 25.0 Å². The fourth-order valence-corrected chi connectivity index (χ4v) is 2.29. The molecule has 110 valence electrons. The first-order valence-corrected chi connectivity index (χ1v) is 6.12. The molecule has 0 aliphatic carbocycles. The van der Waals surface area contributed by atoms with E-state index in [0.717, 1.165) is 0 Å². The first-order valence-electron chi connectivity index (χ1n) is 6.12. The van der Waals surface area contributed by atoms with Crippen molar-refractivity contribution in [2.24, 2.45) is 0 Å². The summed E-state index contributed by atoms with van der Waals surface area (Å²) in [6.45, 7) is 1.74. The van der Waals surface area contributed by atoms with Gasteiger partial charge in [0.15, 0.2) is 0 Å². The van der Waals surface area contributed by atoms with Crippen LogP contribution in [-0.4, -0.2) is 30.0 Å². The van der Waals surface area contributed by atoms with Crippen molar-refractivity contribution in [1.29, 1.82) is 0 Å². The van der Waals surface area contributed by atoms with Crippen LogP contribution in [0, 0.1) is 23.5 Å². The monoisotopic (exact) mass is 291 g/mol. The predicted octanol–water partition coefficient (Wildman–Crippen LogP) is 1.74. The van der Waals surface area contributed by atoms with Crippen LogP contribution in [0.2, 0.25) is 0 Å². The second-order valence-corrected chi connectivity index (χ2v) is 4.63. The van der Waals surface area contributed by atoms with Gasteiger partial charge < -0.3 is 10.2 Å². The third-order valence-corrected chi connectivity index (χ3v) is 3.19. The van der Waals surface area contributed by atoms with Crippen LogP contribution < -0.4 is 10.2 Å². The van der Waals surface area contributed by atoms with Crippen LogP contribution in [0.3, 0.4) is 0 Å². The molecule has 1 fully saturated rings. The zero-order valence-electron chi connectivity index (χ0n) is 10.7. The number of anilines is 1. The quantitative estimate of drug-likeness (QED) is 0.667. The largest absolute Gasteiger partial charge is 0.366 e. The molecule has 1 aromatic heterocycles. The Morgan fingerprint density at radius 1 is 1.15 bits per heavy atom. The molecule has 1 aliphatic heterocycles. The minimum Gasteiger partial charge on any atom is -0.366 e. The zero-order chi connectivity index (χ0) is 14.9. The molecule has 2 rings (SSSR count). The van der Waals surface area contributed by atoms with E-state index in [9.17, 15) is 22.4 Å². The van der Waals surface area contributed by atoms with Gasteiger partial charge in [-0.05, 0) is 12.8 Å². The van der Waals surface area contributed by atoms with Crippen molar-refractivity contribution in [2.45, 2.75) is 25.8 Å². The maximum absolute atomic E-state index is 13.6. The number of halogens is 4. The van der Waals surface area contributed by atoms with Gasteiger partial charge in [0.2, 0.25) is 17.5 Å². The Labute approximate surface area is 112 Å². The maximum Gasteiger partial charge on any atom is 0.253 e. The fourth-order valence-electron chi connectivity index (χ4n) is 2.29. The fraction of sp³-hybridized carbons (Fsp3) is 0.500. The number of nitrogens with zero attached hydrogens (tertiary/aromatic N) is 2. The summed E-state index contributed by atoms with van der Waals surface area (Å²) < 4.78 is 53.3. The van der Waals surface area contributed by atoms with Gasteiger partial charge in [0, 0.05) is 26.1 Å². The van der Waals surface area contributed by atoms with Gasteiger partial charge in [-0.1, -0.05) is 0 Å². The van der Waals surface area contributed by atoms with Gasteiger partial charge in [0.1, 0.15) is 5.69 Å². The number of carbonyl (C=O) groups excluding carboxylic acids is 1. The highest BCUT2D eigenvalue weighted by molar-refractivity contribution is 5.73. The van der Waals surface area contributed by atoms with Gasteiger partial charge in [-0.3, -0.25) is 4.79 Å². The van der Waals surface area contributed by atoms with Gasteiger partial charge in [-0.15, -0.1) is 0 Å². The molecule has 1 N–H and O–H groups in total. The summed E-state index contributed by atoms with van der Waals surface area (Å²) in [4.78, 5) is 14.6. The second-order valence-electron chi connectivity index (χ2n) is 4.63. The van der Waals surface area contributed by atoms with E-state index >= 15 is 0 Å². The summed E-state index contributed by atoms with van der Waals surface area (Å²) in [5.41, 5.74) is -0.740. The lowest BCUT2D eigenvalue weighted by atomic mass is 10.0. The molecular formula is C12H13F4N3O. The molecule has 1 aliphatic rings. The topological polar surface area (TPSA) is 45.2 Å². The van der Waals surface area contributed by atoms with Gasteiger partial charge in [0.05, 0.1) is 0 Å². The van der Waals surface area contributed by atoms with Crippen LogP contribution in [0.25, 0.3) is 0 Å². The molecule has 0 spiro atoms. The molecule has 0 atom stereocenters. The van der Waals surface area contributed by atoms with Gasteiger partial charge in [0.25, 0.3) is 11.9 Å². The van der Waals surface area contributed by atoms with Crippen molar-refractivity contribution in [3.8, 4) is 0 Å². The van der Waals surface area contributed by atoms with Crippen LogP contribution in [0.15, 0.2) is 0 Å². The first kappa shape index (κ1) is 14.5. The summed E-state index contributed by atoms with van der Waals surface area (Å²) >= 11 is 0. The highest BCUT2D eigenvalue weighted by Gasteiger charge is 2.28. The third kappa shape index (κ3) is 2.83. The number of hydrogen-bond donors (Lipinski definition) is 1. The van der Waals surface area contributed by atoms with E-state index in [1.165, 1.54) is 11.8 Å². The summed E-state index contributed by atoms with van der Waals surface area (Å²) in [5, 5.41) is 2.69. The number of amides is 1. The van der Waals surface area contributed by atoms with Crippen LogP contribution in [0.5, 0.6) is 0 Å². The Balaban J connectivity index is 2.17. The SMILES string of the molecule is CC(=O)NC1CCN(c2c(F)c(F)nc(F)c2F)CC1. The molecule has 1 aromatic rings. The predicted molar refractivity (Wildman–Crippen MR) is 63.1 cm³/mol. The normalized spacial score (nSPS) is 16.4. The van der Waals surface area contributed by atoms with Crippen LogP contribution in [-0.2, 0) is 4.79 Å². The molecule has 1 saturated heterocycles. The Hall–Kier alpha value is -1.86. The van der Waals surface area contributed by atoms with Crippen molar-refractivity contribution in [1.82, 2.24) is 10.3 Å². The molecule has 0 aromatic carbocycles. The lowest BCUT2D eigenvalue weighted by molar-refractivity contribution is -0.119. The van der Waals surface area contributed by atoms with Crippen LogP contribution >= 0.6 is 0 Å². The maximum atomic E-state index is 13.6. The van der Waals surface area contributed by atoms with E-state index in [1.807, 2.05) is 0 Å². The average molecular weight is 291 g/mol. The number of rotatable bonds is 2. The van der Waals surface area contributed by atoms with E-state index < -0.39 is 29.2 Å². The molecule has 2 heterocycles. The highest BCUT2D eigenvalue weighted by Crippen LogP contribution is 2.28. The van der Waals surface area contributed by atoms with Crippen LogP contribution in [0.4, 0.5) is 23.2 Å². The van der Waals surface area contributed by atoms with Crippen molar-refractivity contribution in [3.63, 3.8) is 0 Å². The summed E-state index contributed by atoms with van der Waals surface area (Å²) in [7, 11) is 0. The van der Waals surface area contributed by atoms with Gasteiger partial charge >= 0.3 is 0 Å². The Morgan fingerprint density at radius 2 is 1.65 bits per heavy atom. The molecule has 8 heteroatoms. The first-order chi connectivity index (χ1) is 9.40. The van der Waals surface area contributed by atoms with Gasteiger partial charge in [-0.2, -0.15) is 22.5 Å². The molecular weight excluding hydrogens is 278 g/mol. The van der Waals surface area contributed by atoms with Crippen LogP contribution in [0.1, 0.15) is 19.8 Å². The molecule has 20 heavy (non-hydrogen) atoms. The third-order valence-electron chi connectivity index (χ3n) is 3.19. The summed E-state index contributed by atoms with van der Waals surface area (Å²) in [5.74, 6) is -6.52. The summed E-state index contributed by atoms with van der Waals surface area (Å²) in [6.07, 6.45) is 0.869. The molecule has 4 nitrogen and oxygen atoms in total. The number of piperidine rings is 1. The number of hydrogen-bond acceptors (Lipinski definition) is 3. The van der Waals surface area contributed by atoms with E-state index in [4.69, 9.17) is 0 Å². The molecule has 1 amide bonds. The van der Waals surface area contributed by atoms with E-state index in [0.29, 0.717) is 12.8 Å². The molecule has 0 radical (unpaired) electrons. The zero-order valence-corrected chi connectivity index (χ0v) is 10.7. The molecule has 0 bridgehead atoms. The standard InChI is InChI=1S/C12H13F4N3O/c1-6(20)17-7-2-4-19(5-3-7)10-8(13)11(15)18-12(16)9(10)14/h7H,2-5H2,1H3,(H,17,20). The minimum absolute atomic E-state index is 0.105. The highest BCUT2D eigenvalue weighted by atomic mass is 19.2. The lowest BCUT2D eigenvalue weighted by Crippen LogP contribution is -2.44. The molecule has 0 saturated carbocycles. The smallest absolute Gasteiger partial charge is 0.253 e. The second kappa shape index (κ2) is 5.64. The average Bonchev–Trinajstić information content (AvgIpc) is 2.38. The summed E-state index contributed by atoms with van der Waals surface area (Å²) in [6, 6.07) is -0.105. The Kier molecular flexibility index (Phi) is 4.10. The van der Waals surface area contributed by atoms with Crippen molar-refractivity contribution in [3.05, 3.63) is 23.5 Å². The number of nitrogens with one attached hydrogen (secondary N) is 1. The minimum atomic E-state index is -1.66. The molecule has 0 unspecified atom stereocenters. The van der Waals surface area contributed by atoms with Gasteiger partial charge in [-0.25, -0.2) is 0 Å². The van der Waals surface area contributed by atoms with Crippen molar-refractivity contribution < 1.29 is 22.4 Å². The Bertz CT molecular complexity index is 504. The number of aromatic nitrogens is 1. The van der Waals surface area contributed by atoms with Crippen molar-refractivity contribution in [2.75, 3.05) is 18.0 Å². The lowest BCUT2D eigenvalue weighted by Gasteiger charge is -2.33. The number of pyridine rings is 1. The van der Waals surface area contributed by atoms with Crippen molar-refractivity contribution >= 4 is 11.6 Å². The number of carbonyl (C=O) groups is 1. The van der Waals surface area contributed by atoms with E-state index in [2.05, 4.69) is 10.3 Å².